The fraction of sp³-hybridized carbons (Fsp3) is 0.263. The smallest absolute Gasteiger partial charge is 0.329 e. The van der Waals surface area contributed by atoms with E-state index in [1.165, 1.54) is 19.1 Å². The molecule has 1 aromatic rings. The summed E-state index contributed by atoms with van der Waals surface area (Å²) in [5.41, 5.74) is 0.689. The summed E-state index contributed by atoms with van der Waals surface area (Å²) in [6, 6.07) is 9.05. The molecule has 0 amide bonds. The molecule has 1 aliphatic rings. The quantitative estimate of drug-likeness (QED) is 0.328. The van der Waals surface area contributed by atoms with Gasteiger partial charge in [0, 0.05) is 12.5 Å². The Morgan fingerprint density at radius 3 is 2.92 bits per heavy atom. The predicted molar refractivity (Wildman–Crippen MR) is 89.2 cm³/mol. The van der Waals surface area contributed by atoms with Crippen molar-refractivity contribution >= 4 is 23.6 Å². The second kappa shape index (κ2) is 8.60. The summed E-state index contributed by atoms with van der Waals surface area (Å²) in [6.45, 7) is 1.90. The number of allylic oxidation sites excluding steroid dienone is 3. The number of rotatable bonds is 7. The monoisotopic (exact) mass is 339 g/mol. The van der Waals surface area contributed by atoms with Crippen molar-refractivity contribution in [2.24, 2.45) is 5.92 Å². The number of nitriles is 1. The van der Waals surface area contributed by atoms with E-state index >= 15 is 0 Å². The first-order valence-corrected chi connectivity index (χ1v) is 7.77. The van der Waals surface area contributed by atoms with Gasteiger partial charge in [-0.1, -0.05) is 18.2 Å². The maximum atomic E-state index is 12.1. The summed E-state index contributed by atoms with van der Waals surface area (Å²) in [7, 11) is 0. The van der Waals surface area contributed by atoms with Crippen LogP contribution < -0.4 is 4.74 Å². The van der Waals surface area contributed by atoms with Gasteiger partial charge in [0.25, 0.3) is 0 Å². The molecule has 1 atom stereocenters. The zero-order valence-corrected chi connectivity index (χ0v) is 13.7. The highest BCUT2D eigenvalue weighted by Gasteiger charge is 2.36. The van der Waals surface area contributed by atoms with E-state index in [1.54, 1.807) is 24.3 Å². The molecule has 128 valence electrons. The molecule has 1 aliphatic heterocycles. The molecule has 0 saturated heterocycles. The van der Waals surface area contributed by atoms with Crippen molar-refractivity contribution in [3.8, 4) is 11.8 Å². The lowest BCUT2D eigenvalue weighted by Crippen LogP contribution is -2.34. The highest BCUT2D eigenvalue weighted by atomic mass is 16.5. The number of esters is 1. The highest BCUT2D eigenvalue weighted by Crippen LogP contribution is 2.18. The molecule has 0 unspecified atom stereocenters. The van der Waals surface area contributed by atoms with Gasteiger partial charge in [0.05, 0.1) is 12.7 Å². The molecule has 0 aliphatic carbocycles. The molecule has 6 heteroatoms. The van der Waals surface area contributed by atoms with Crippen molar-refractivity contribution < 1.29 is 23.9 Å². The third kappa shape index (κ3) is 5.15. The van der Waals surface area contributed by atoms with Crippen LogP contribution in [0.3, 0.4) is 0 Å². The minimum Gasteiger partial charge on any atom is -0.494 e. The first-order valence-electron chi connectivity index (χ1n) is 7.77. The fourth-order valence-corrected chi connectivity index (χ4v) is 2.23. The van der Waals surface area contributed by atoms with Crippen molar-refractivity contribution in [3.63, 3.8) is 0 Å². The first kappa shape index (κ1) is 18.1. The Balaban J connectivity index is 2.01. The normalized spacial score (nSPS) is 17.0. The van der Waals surface area contributed by atoms with Crippen molar-refractivity contribution in [1.29, 1.82) is 5.26 Å². The molecule has 0 bridgehead atoms. The molecule has 1 heterocycles. The SMILES string of the molecule is CC1=CC(=O)[C@@H](C(=O)/C=C/c2cccc(OCCCC#N)c2)C(=O)O1. The van der Waals surface area contributed by atoms with Gasteiger partial charge in [-0.25, -0.2) is 0 Å². The molecule has 6 nitrogen and oxygen atoms in total. The largest absolute Gasteiger partial charge is 0.494 e. The molecule has 0 saturated carbocycles. The van der Waals surface area contributed by atoms with E-state index in [-0.39, 0.29) is 5.76 Å². The van der Waals surface area contributed by atoms with Gasteiger partial charge in [-0.2, -0.15) is 5.26 Å². The lowest BCUT2D eigenvalue weighted by Gasteiger charge is -2.15. The topological polar surface area (TPSA) is 93.5 Å². The van der Waals surface area contributed by atoms with E-state index in [0.29, 0.717) is 30.8 Å². The van der Waals surface area contributed by atoms with Gasteiger partial charge in [-0.15, -0.1) is 0 Å². The Labute approximate surface area is 145 Å². The first-order chi connectivity index (χ1) is 12.0. The van der Waals surface area contributed by atoms with Crippen LogP contribution in [0.15, 0.2) is 42.2 Å². The maximum absolute atomic E-state index is 12.1. The minimum absolute atomic E-state index is 0.185. The predicted octanol–water partition coefficient (Wildman–Crippen LogP) is 2.60. The van der Waals surface area contributed by atoms with Crippen LogP contribution in [0.1, 0.15) is 25.3 Å². The van der Waals surface area contributed by atoms with Gasteiger partial charge in [0.15, 0.2) is 17.5 Å². The van der Waals surface area contributed by atoms with Crippen molar-refractivity contribution in [2.75, 3.05) is 6.61 Å². The van der Waals surface area contributed by atoms with Crippen LogP contribution in [0, 0.1) is 17.2 Å². The summed E-state index contributed by atoms with van der Waals surface area (Å²) in [5, 5.41) is 8.48. The second-order valence-electron chi connectivity index (χ2n) is 5.43. The molecule has 0 aromatic heterocycles. The van der Waals surface area contributed by atoms with Gasteiger partial charge in [0.2, 0.25) is 0 Å². The van der Waals surface area contributed by atoms with Gasteiger partial charge < -0.3 is 9.47 Å². The van der Waals surface area contributed by atoms with Crippen LogP contribution in [-0.2, 0) is 19.1 Å². The number of ether oxygens (including phenoxy) is 2. The van der Waals surface area contributed by atoms with E-state index in [2.05, 4.69) is 0 Å². The molecule has 0 fully saturated rings. The maximum Gasteiger partial charge on any atom is 0.329 e. The Morgan fingerprint density at radius 2 is 2.20 bits per heavy atom. The number of nitrogens with zero attached hydrogens (tertiary/aromatic N) is 1. The van der Waals surface area contributed by atoms with Gasteiger partial charge in [-0.3, -0.25) is 14.4 Å². The average molecular weight is 339 g/mol. The van der Waals surface area contributed by atoms with Gasteiger partial charge >= 0.3 is 5.97 Å². The van der Waals surface area contributed by atoms with Crippen molar-refractivity contribution in [3.05, 3.63) is 47.7 Å². The van der Waals surface area contributed by atoms with E-state index in [0.717, 1.165) is 6.08 Å². The van der Waals surface area contributed by atoms with E-state index in [9.17, 15) is 14.4 Å². The summed E-state index contributed by atoms with van der Waals surface area (Å²) < 4.78 is 10.3. The van der Waals surface area contributed by atoms with Crippen LogP contribution in [0.5, 0.6) is 5.75 Å². The molecule has 1 aromatic carbocycles. The van der Waals surface area contributed by atoms with Crippen LogP contribution in [0.25, 0.3) is 6.08 Å². The summed E-state index contributed by atoms with van der Waals surface area (Å²) in [4.78, 5) is 35.7. The van der Waals surface area contributed by atoms with Gasteiger partial charge in [-0.05, 0) is 37.1 Å². The third-order valence-corrected chi connectivity index (χ3v) is 3.41. The Hall–Kier alpha value is -3.20. The third-order valence-electron chi connectivity index (χ3n) is 3.41. The van der Waals surface area contributed by atoms with E-state index < -0.39 is 23.5 Å². The summed E-state index contributed by atoms with van der Waals surface area (Å²) >= 11 is 0. The number of hydrogen-bond acceptors (Lipinski definition) is 6. The van der Waals surface area contributed by atoms with Crippen molar-refractivity contribution in [1.82, 2.24) is 0 Å². The number of carbonyl (C=O) groups excluding carboxylic acids is 3. The van der Waals surface area contributed by atoms with Crippen molar-refractivity contribution in [2.45, 2.75) is 19.8 Å². The zero-order valence-electron chi connectivity index (χ0n) is 13.7. The molecule has 0 radical (unpaired) electrons. The standard InChI is InChI=1S/C19H17NO5/c1-13-11-17(22)18(19(23)25-13)16(21)8-7-14-5-4-6-15(12-14)24-10-3-2-9-20/h4-8,11-12,18H,2-3,10H2,1H3/b8-7+/t18-/m1/s1. The number of ketones is 2. The van der Waals surface area contributed by atoms with E-state index in [1.807, 2.05) is 6.07 Å². The molecule has 25 heavy (non-hydrogen) atoms. The fourth-order valence-electron chi connectivity index (χ4n) is 2.23. The number of unbranched alkanes of at least 4 members (excludes halogenated alkanes) is 1. The van der Waals surface area contributed by atoms with Crippen LogP contribution >= 0.6 is 0 Å². The lowest BCUT2D eigenvalue weighted by molar-refractivity contribution is -0.151. The van der Waals surface area contributed by atoms with Crippen LogP contribution in [-0.4, -0.2) is 24.1 Å². The van der Waals surface area contributed by atoms with Crippen LogP contribution in [0.2, 0.25) is 0 Å². The lowest BCUT2D eigenvalue weighted by atomic mass is 9.96. The molecule has 2 rings (SSSR count). The number of cyclic esters (lactones) is 1. The molecule has 0 N–H and O–H groups in total. The second-order valence-corrected chi connectivity index (χ2v) is 5.43. The van der Waals surface area contributed by atoms with Crippen LogP contribution in [0.4, 0.5) is 0 Å². The number of carbonyl (C=O) groups is 3. The average Bonchev–Trinajstić information content (AvgIpc) is 2.56. The Bertz CT molecular complexity index is 785. The molecule has 0 spiro atoms. The van der Waals surface area contributed by atoms with E-state index in [4.69, 9.17) is 14.7 Å². The summed E-state index contributed by atoms with van der Waals surface area (Å²) in [6.07, 6.45) is 4.90. The molecular weight excluding hydrogens is 322 g/mol. The molecular formula is C19H17NO5. The number of hydrogen-bond donors (Lipinski definition) is 0. The van der Waals surface area contributed by atoms with Gasteiger partial charge in [0.1, 0.15) is 11.5 Å². The summed E-state index contributed by atoms with van der Waals surface area (Å²) in [5.74, 6) is -2.69. The number of benzene rings is 1. The Morgan fingerprint density at radius 1 is 1.40 bits per heavy atom. The zero-order chi connectivity index (χ0) is 18.2. The minimum atomic E-state index is -1.44. The highest BCUT2D eigenvalue weighted by molar-refractivity contribution is 6.25. The Kier molecular flexibility index (Phi) is 6.24.